The molecule has 7 heteroatoms. The van der Waals surface area contributed by atoms with Gasteiger partial charge in [-0.15, -0.1) is 0 Å². The monoisotopic (exact) mass is 268 g/mol. The van der Waals surface area contributed by atoms with E-state index >= 15 is 0 Å². The van der Waals surface area contributed by atoms with Gasteiger partial charge < -0.3 is 19.5 Å². The molecule has 0 amide bonds. The van der Waals surface area contributed by atoms with Gasteiger partial charge in [-0.2, -0.15) is 0 Å². The number of hydrogen-bond donors (Lipinski definition) is 1. The highest BCUT2D eigenvalue weighted by Crippen LogP contribution is 2.28. The number of nitro groups is 1. The molecule has 19 heavy (non-hydrogen) atoms. The van der Waals surface area contributed by atoms with Crippen molar-refractivity contribution in [1.29, 1.82) is 0 Å². The van der Waals surface area contributed by atoms with Crippen LogP contribution in [0.1, 0.15) is 0 Å². The lowest BCUT2D eigenvalue weighted by Gasteiger charge is -2.23. The van der Waals surface area contributed by atoms with Gasteiger partial charge in [-0.25, -0.2) is 0 Å². The molecule has 7 nitrogen and oxygen atoms in total. The van der Waals surface area contributed by atoms with Gasteiger partial charge in [0.15, 0.2) is 0 Å². The van der Waals surface area contributed by atoms with Crippen molar-refractivity contribution in [1.82, 2.24) is 0 Å². The molecular weight excluding hydrogens is 252 g/mol. The van der Waals surface area contributed by atoms with Gasteiger partial charge in [0.05, 0.1) is 44.0 Å². The lowest BCUT2D eigenvalue weighted by Crippen LogP contribution is -2.34. The molecule has 0 radical (unpaired) electrons. The maximum absolute atomic E-state index is 11.0. The summed E-state index contributed by atoms with van der Waals surface area (Å²) in [6.45, 7) is 2.11. The Labute approximate surface area is 110 Å². The Kier molecular flexibility index (Phi) is 4.53. The molecular formula is C12H16N2O5. The van der Waals surface area contributed by atoms with Crippen LogP contribution in [-0.4, -0.2) is 44.5 Å². The lowest BCUT2D eigenvalue weighted by atomic mass is 10.2. The van der Waals surface area contributed by atoms with Gasteiger partial charge in [0.25, 0.3) is 5.69 Å². The first-order valence-corrected chi connectivity index (χ1v) is 5.96. The third-order valence-corrected chi connectivity index (χ3v) is 2.81. The Bertz CT molecular complexity index is 446. The maximum atomic E-state index is 11.0. The van der Waals surface area contributed by atoms with Crippen molar-refractivity contribution in [2.24, 2.45) is 0 Å². The zero-order valence-electron chi connectivity index (χ0n) is 10.6. The topological polar surface area (TPSA) is 82.9 Å². The van der Waals surface area contributed by atoms with Gasteiger partial charge in [-0.1, -0.05) is 0 Å². The molecule has 1 aliphatic heterocycles. The van der Waals surface area contributed by atoms with Gasteiger partial charge >= 0.3 is 0 Å². The summed E-state index contributed by atoms with van der Waals surface area (Å²) in [5.74, 6) is 0.453. The number of rotatable bonds is 5. The maximum Gasteiger partial charge on any atom is 0.296 e. The molecule has 0 saturated carbocycles. The first kappa shape index (κ1) is 13.6. The SMILES string of the molecule is COc1ccc(NCC2COCCO2)c([N+](=O)[O-])c1. The number of nitrogens with zero attached hydrogens (tertiary/aromatic N) is 1. The smallest absolute Gasteiger partial charge is 0.296 e. The van der Waals surface area contributed by atoms with Crippen LogP contribution in [0.5, 0.6) is 5.75 Å². The Balaban J connectivity index is 2.04. The Hall–Kier alpha value is -1.86. The van der Waals surface area contributed by atoms with E-state index in [0.717, 1.165) is 0 Å². The van der Waals surface area contributed by atoms with E-state index in [9.17, 15) is 10.1 Å². The molecule has 2 rings (SSSR count). The van der Waals surface area contributed by atoms with E-state index in [-0.39, 0.29) is 11.8 Å². The minimum atomic E-state index is -0.441. The number of ether oxygens (including phenoxy) is 3. The molecule has 0 aromatic heterocycles. The van der Waals surface area contributed by atoms with Crippen LogP contribution in [0.2, 0.25) is 0 Å². The average Bonchev–Trinajstić information content (AvgIpc) is 2.46. The van der Waals surface area contributed by atoms with E-state index < -0.39 is 4.92 Å². The van der Waals surface area contributed by atoms with Crippen LogP contribution in [0, 0.1) is 10.1 Å². The van der Waals surface area contributed by atoms with Crippen molar-refractivity contribution in [3.8, 4) is 5.75 Å². The van der Waals surface area contributed by atoms with Crippen LogP contribution in [0.15, 0.2) is 18.2 Å². The molecule has 1 unspecified atom stereocenters. The molecule has 0 aliphatic carbocycles. The first-order valence-electron chi connectivity index (χ1n) is 5.96. The standard InChI is InChI=1S/C12H16N2O5/c1-17-9-2-3-11(12(6-9)14(15)16)13-7-10-8-18-4-5-19-10/h2-3,6,10,13H,4-5,7-8H2,1H3. The molecule has 1 N–H and O–H groups in total. The molecule has 1 aliphatic rings. The second-order valence-corrected chi connectivity index (χ2v) is 4.09. The summed E-state index contributed by atoms with van der Waals surface area (Å²) in [5.41, 5.74) is 0.427. The van der Waals surface area contributed by atoms with Crippen molar-refractivity contribution in [3.05, 3.63) is 28.3 Å². The van der Waals surface area contributed by atoms with Gasteiger partial charge in [0, 0.05) is 6.54 Å². The van der Waals surface area contributed by atoms with Crippen LogP contribution in [0.4, 0.5) is 11.4 Å². The van der Waals surface area contributed by atoms with Crippen molar-refractivity contribution in [3.63, 3.8) is 0 Å². The second-order valence-electron chi connectivity index (χ2n) is 4.09. The normalized spacial score (nSPS) is 18.9. The predicted octanol–water partition coefficient (Wildman–Crippen LogP) is 1.43. The van der Waals surface area contributed by atoms with E-state index in [4.69, 9.17) is 14.2 Å². The zero-order valence-corrected chi connectivity index (χ0v) is 10.6. The fraction of sp³-hybridized carbons (Fsp3) is 0.500. The molecule has 1 atom stereocenters. The molecule has 1 saturated heterocycles. The van der Waals surface area contributed by atoms with E-state index in [1.807, 2.05) is 0 Å². The van der Waals surface area contributed by atoms with Gasteiger partial charge in [0.2, 0.25) is 0 Å². The summed E-state index contributed by atoms with van der Waals surface area (Å²) in [4.78, 5) is 10.6. The fourth-order valence-corrected chi connectivity index (χ4v) is 1.82. The lowest BCUT2D eigenvalue weighted by molar-refractivity contribution is -0.384. The van der Waals surface area contributed by atoms with Crippen LogP contribution >= 0.6 is 0 Å². The van der Waals surface area contributed by atoms with Gasteiger partial charge in [-0.3, -0.25) is 10.1 Å². The third-order valence-electron chi connectivity index (χ3n) is 2.81. The highest BCUT2D eigenvalue weighted by Gasteiger charge is 2.18. The number of nitro benzene ring substituents is 1. The van der Waals surface area contributed by atoms with Crippen molar-refractivity contribution in [2.75, 3.05) is 38.8 Å². The summed E-state index contributed by atoms with van der Waals surface area (Å²) < 4.78 is 15.7. The fourth-order valence-electron chi connectivity index (χ4n) is 1.82. The summed E-state index contributed by atoms with van der Waals surface area (Å²) in [7, 11) is 1.47. The van der Waals surface area contributed by atoms with E-state index in [1.165, 1.54) is 13.2 Å². The van der Waals surface area contributed by atoms with Crippen molar-refractivity contribution < 1.29 is 19.1 Å². The van der Waals surface area contributed by atoms with Gasteiger partial charge in [0.1, 0.15) is 11.4 Å². The summed E-state index contributed by atoms with van der Waals surface area (Å²) in [6.07, 6.45) is -0.0875. The molecule has 1 aromatic rings. The summed E-state index contributed by atoms with van der Waals surface area (Å²) in [5, 5.41) is 14.0. The van der Waals surface area contributed by atoms with Crippen molar-refractivity contribution >= 4 is 11.4 Å². The van der Waals surface area contributed by atoms with E-state index in [2.05, 4.69) is 5.32 Å². The van der Waals surface area contributed by atoms with Crippen LogP contribution in [-0.2, 0) is 9.47 Å². The summed E-state index contributed by atoms with van der Waals surface area (Å²) in [6, 6.07) is 4.69. The van der Waals surface area contributed by atoms with Crippen LogP contribution in [0.25, 0.3) is 0 Å². The quantitative estimate of drug-likeness (QED) is 0.642. The molecule has 1 aromatic carbocycles. The Morgan fingerprint density at radius 1 is 1.53 bits per heavy atom. The molecule has 0 bridgehead atoms. The minimum absolute atomic E-state index is 0.0175. The molecule has 1 fully saturated rings. The molecule has 1 heterocycles. The largest absolute Gasteiger partial charge is 0.496 e. The number of hydrogen-bond acceptors (Lipinski definition) is 6. The zero-order chi connectivity index (χ0) is 13.7. The third kappa shape index (κ3) is 3.55. The number of nitrogens with one attached hydrogen (secondary N) is 1. The predicted molar refractivity (Wildman–Crippen MR) is 68.7 cm³/mol. The van der Waals surface area contributed by atoms with E-state index in [0.29, 0.717) is 37.8 Å². The van der Waals surface area contributed by atoms with Crippen LogP contribution in [0.3, 0.4) is 0 Å². The average molecular weight is 268 g/mol. The molecule has 0 spiro atoms. The highest BCUT2D eigenvalue weighted by molar-refractivity contribution is 5.63. The minimum Gasteiger partial charge on any atom is -0.496 e. The number of methoxy groups -OCH3 is 1. The van der Waals surface area contributed by atoms with Crippen molar-refractivity contribution in [2.45, 2.75) is 6.10 Å². The Morgan fingerprint density at radius 3 is 3.00 bits per heavy atom. The molecule has 104 valence electrons. The van der Waals surface area contributed by atoms with E-state index in [1.54, 1.807) is 12.1 Å². The highest BCUT2D eigenvalue weighted by atomic mass is 16.6. The van der Waals surface area contributed by atoms with Crippen LogP contribution < -0.4 is 10.1 Å². The first-order chi connectivity index (χ1) is 9.20. The summed E-state index contributed by atoms with van der Waals surface area (Å²) >= 11 is 0. The second kappa shape index (κ2) is 6.35. The number of benzene rings is 1. The number of anilines is 1. The van der Waals surface area contributed by atoms with Gasteiger partial charge in [-0.05, 0) is 12.1 Å². The Morgan fingerprint density at radius 2 is 2.37 bits per heavy atom.